The van der Waals surface area contributed by atoms with Gasteiger partial charge in [0.1, 0.15) is 0 Å². The summed E-state index contributed by atoms with van der Waals surface area (Å²) in [7, 11) is 0. The first-order valence-corrected chi connectivity index (χ1v) is 7.46. The summed E-state index contributed by atoms with van der Waals surface area (Å²) in [6, 6.07) is 9.07. The van der Waals surface area contributed by atoms with E-state index in [-0.39, 0.29) is 42.3 Å². The first-order chi connectivity index (χ1) is 10.2. The van der Waals surface area contributed by atoms with Crippen LogP contribution in [0.3, 0.4) is 0 Å². The highest BCUT2D eigenvalue weighted by Crippen LogP contribution is 2.44. The van der Waals surface area contributed by atoms with Crippen LogP contribution in [-0.4, -0.2) is 41.5 Å². The fourth-order valence-corrected chi connectivity index (χ4v) is 3.95. The Morgan fingerprint density at radius 1 is 1.19 bits per heavy atom. The molecule has 21 heavy (non-hydrogen) atoms. The fourth-order valence-electron chi connectivity index (χ4n) is 3.95. The number of nitrogens with zero attached hydrogens (tertiary/aromatic N) is 1. The summed E-state index contributed by atoms with van der Waals surface area (Å²) in [5, 5.41) is 0. The summed E-state index contributed by atoms with van der Waals surface area (Å²) in [6.45, 7) is 0.678. The molecule has 110 valence electrons. The zero-order chi connectivity index (χ0) is 14.6. The number of carbonyl (C=O) groups excluding carboxylic acids is 2. The Kier molecular flexibility index (Phi) is 2.87. The highest BCUT2D eigenvalue weighted by molar-refractivity contribution is 6.06. The molecule has 3 fully saturated rings. The minimum atomic E-state index is -0.369. The number of fused-ring (bicyclic) bond motifs is 1. The molecule has 5 atom stereocenters. The molecular weight excluding hydrogens is 268 g/mol. The van der Waals surface area contributed by atoms with Crippen LogP contribution in [0.25, 0.3) is 0 Å². The van der Waals surface area contributed by atoms with E-state index in [9.17, 15) is 9.59 Å². The molecule has 5 heteroatoms. The van der Waals surface area contributed by atoms with E-state index in [1.165, 1.54) is 4.90 Å². The molecule has 2 amide bonds. The van der Waals surface area contributed by atoms with Gasteiger partial charge >= 0.3 is 0 Å². The third-order valence-electron chi connectivity index (χ3n) is 5.09. The van der Waals surface area contributed by atoms with Gasteiger partial charge in [-0.15, -0.1) is 0 Å². The van der Waals surface area contributed by atoms with E-state index in [0.29, 0.717) is 12.5 Å². The lowest BCUT2D eigenvalue weighted by molar-refractivity contribution is -0.153. The van der Waals surface area contributed by atoms with Crippen molar-refractivity contribution in [3.05, 3.63) is 35.9 Å². The molecule has 1 aromatic carbocycles. The van der Waals surface area contributed by atoms with Crippen LogP contribution in [0.2, 0.25) is 0 Å². The standard InChI is InChI=1S/C16H18N2O3/c17-13-10-6-7-21-15(10)14(13)18-12(19)8-11(16(18)20)9-4-2-1-3-5-9/h1-5,10-11,13-15H,6-8,17H2. The maximum Gasteiger partial charge on any atom is 0.237 e. The van der Waals surface area contributed by atoms with Crippen LogP contribution < -0.4 is 5.73 Å². The minimum Gasteiger partial charge on any atom is -0.376 e. The molecule has 2 saturated heterocycles. The monoisotopic (exact) mass is 286 g/mol. The first kappa shape index (κ1) is 13.0. The number of imide groups is 1. The number of nitrogens with two attached hydrogens (primary N) is 1. The lowest BCUT2D eigenvalue weighted by Gasteiger charge is -2.48. The van der Waals surface area contributed by atoms with Crippen molar-refractivity contribution >= 4 is 11.8 Å². The van der Waals surface area contributed by atoms with Gasteiger partial charge in [-0.2, -0.15) is 0 Å². The highest BCUT2D eigenvalue weighted by atomic mass is 16.5. The summed E-state index contributed by atoms with van der Waals surface area (Å²) in [5.74, 6) is -0.318. The zero-order valence-electron chi connectivity index (χ0n) is 11.6. The van der Waals surface area contributed by atoms with E-state index in [1.807, 2.05) is 30.3 Å². The van der Waals surface area contributed by atoms with E-state index in [1.54, 1.807) is 0 Å². The normalized spacial score (nSPS) is 38.5. The Morgan fingerprint density at radius 2 is 1.95 bits per heavy atom. The molecule has 1 aliphatic carbocycles. The van der Waals surface area contributed by atoms with Gasteiger partial charge in [0.25, 0.3) is 0 Å². The Bertz CT molecular complexity index is 588. The maximum absolute atomic E-state index is 12.7. The molecular formula is C16H18N2O3. The van der Waals surface area contributed by atoms with Gasteiger partial charge in [0, 0.05) is 25.0 Å². The lowest BCUT2D eigenvalue weighted by atomic mass is 9.71. The second kappa shape index (κ2) is 4.64. The molecule has 1 saturated carbocycles. The molecule has 3 aliphatic rings. The topological polar surface area (TPSA) is 72.6 Å². The quantitative estimate of drug-likeness (QED) is 0.810. The number of carbonyl (C=O) groups is 2. The van der Waals surface area contributed by atoms with Crippen molar-refractivity contribution < 1.29 is 14.3 Å². The second-order valence-corrected chi connectivity index (χ2v) is 6.13. The zero-order valence-corrected chi connectivity index (χ0v) is 11.6. The third kappa shape index (κ3) is 1.77. The van der Waals surface area contributed by atoms with E-state index >= 15 is 0 Å². The molecule has 2 N–H and O–H groups in total. The number of amides is 2. The van der Waals surface area contributed by atoms with Crippen molar-refractivity contribution in [2.75, 3.05) is 6.61 Å². The molecule has 0 bridgehead atoms. The van der Waals surface area contributed by atoms with Crippen molar-refractivity contribution in [3.63, 3.8) is 0 Å². The van der Waals surface area contributed by atoms with E-state index in [0.717, 1.165) is 12.0 Å². The van der Waals surface area contributed by atoms with Crippen LogP contribution >= 0.6 is 0 Å². The molecule has 5 unspecified atom stereocenters. The predicted octanol–water partition coefficient (Wildman–Crippen LogP) is 0.644. The fraction of sp³-hybridized carbons (Fsp3) is 0.500. The Hall–Kier alpha value is -1.72. The van der Waals surface area contributed by atoms with Gasteiger partial charge < -0.3 is 10.5 Å². The number of hydrogen-bond donors (Lipinski definition) is 1. The Labute approximate surface area is 123 Å². The average Bonchev–Trinajstić information content (AvgIpc) is 3.05. The molecule has 1 aromatic rings. The van der Waals surface area contributed by atoms with Crippen LogP contribution in [0.5, 0.6) is 0 Å². The van der Waals surface area contributed by atoms with Crippen LogP contribution in [0, 0.1) is 5.92 Å². The number of rotatable bonds is 2. The number of ether oxygens (including phenoxy) is 1. The smallest absolute Gasteiger partial charge is 0.237 e. The Balaban J connectivity index is 1.60. The number of hydrogen-bond acceptors (Lipinski definition) is 4. The van der Waals surface area contributed by atoms with Gasteiger partial charge in [-0.3, -0.25) is 14.5 Å². The number of likely N-dealkylation sites (tertiary alicyclic amines) is 1. The van der Waals surface area contributed by atoms with E-state index < -0.39 is 0 Å². The van der Waals surface area contributed by atoms with Gasteiger partial charge in [0.2, 0.25) is 11.8 Å². The molecule has 5 nitrogen and oxygen atoms in total. The van der Waals surface area contributed by atoms with Gasteiger partial charge in [-0.1, -0.05) is 30.3 Å². The van der Waals surface area contributed by atoms with E-state index in [2.05, 4.69) is 0 Å². The van der Waals surface area contributed by atoms with Gasteiger partial charge in [-0.05, 0) is 12.0 Å². The average molecular weight is 286 g/mol. The van der Waals surface area contributed by atoms with Crippen LogP contribution in [0.4, 0.5) is 0 Å². The molecule has 0 spiro atoms. The van der Waals surface area contributed by atoms with Crippen molar-refractivity contribution in [3.8, 4) is 0 Å². The Morgan fingerprint density at radius 3 is 2.71 bits per heavy atom. The summed E-state index contributed by atoms with van der Waals surface area (Å²) >= 11 is 0. The van der Waals surface area contributed by atoms with E-state index in [4.69, 9.17) is 10.5 Å². The summed E-state index contributed by atoms with van der Waals surface area (Å²) in [5.41, 5.74) is 7.07. The summed E-state index contributed by atoms with van der Waals surface area (Å²) in [4.78, 5) is 26.4. The largest absolute Gasteiger partial charge is 0.376 e. The molecule has 4 rings (SSSR count). The molecule has 2 heterocycles. The van der Waals surface area contributed by atoms with Crippen LogP contribution in [0.15, 0.2) is 30.3 Å². The van der Waals surface area contributed by atoms with Crippen LogP contribution in [-0.2, 0) is 14.3 Å². The molecule has 0 radical (unpaired) electrons. The van der Waals surface area contributed by atoms with Crippen molar-refractivity contribution in [2.24, 2.45) is 11.7 Å². The first-order valence-electron chi connectivity index (χ1n) is 7.46. The van der Waals surface area contributed by atoms with Gasteiger partial charge in [-0.25, -0.2) is 0 Å². The summed E-state index contributed by atoms with van der Waals surface area (Å²) in [6.07, 6.45) is 1.12. The van der Waals surface area contributed by atoms with Crippen molar-refractivity contribution in [1.82, 2.24) is 4.90 Å². The van der Waals surface area contributed by atoms with Crippen molar-refractivity contribution in [1.29, 1.82) is 0 Å². The maximum atomic E-state index is 12.7. The van der Waals surface area contributed by atoms with Crippen molar-refractivity contribution in [2.45, 2.75) is 36.9 Å². The molecule has 2 aliphatic heterocycles. The summed E-state index contributed by atoms with van der Waals surface area (Å²) < 4.78 is 5.66. The predicted molar refractivity (Wildman–Crippen MR) is 75.3 cm³/mol. The highest BCUT2D eigenvalue weighted by Gasteiger charge is 2.59. The second-order valence-electron chi connectivity index (χ2n) is 6.13. The number of benzene rings is 1. The van der Waals surface area contributed by atoms with Crippen LogP contribution in [0.1, 0.15) is 24.3 Å². The lowest BCUT2D eigenvalue weighted by Crippen LogP contribution is -2.70. The minimum absolute atomic E-state index is 0.0533. The third-order valence-corrected chi connectivity index (χ3v) is 5.09. The molecule has 0 aromatic heterocycles. The van der Waals surface area contributed by atoms with Gasteiger partial charge in [0.15, 0.2) is 0 Å². The SMILES string of the molecule is NC1C2CCOC2C1N1C(=O)CC(c2ccccc2)C1=O. The van der Waals surface area contributed by atoms with Gasteiger partial charge in [0.05, 0.1) is 18.1 Å².